The van der Waals surface area contributed by atoms with Gasteiger partial charge < -0.3 is 19.7 Å². The van der Waals surface area contributed by atoms with Gasteiger partial charge in [-0.1, -0.05) is 30.3 Å². The molecule has 2 N–H and O–H groups in total. The van der Waals surface area contributed by atoms with Crippen LogP contribution in [0.2, 0.25) is 0 Å². The fraction of sp³-hybridized carbons (Fsp3) is 0.348. The van der Waals surface area contributed by atoms with Crippen molar-refractivity contribution >= 4 is 0 Å². The number of aromatic nitrogens is 2. The molecular weight excluding hydrogens is 382 g/mol. The SMILES string of the molecule is COc1cc(-n2cc(C3CC(O)CN(Cc4ccccc4)C3)cn2)cc(O)c1OC. The number of methoxy groups -OCH3 is 2. The Labute approximate surface area is 176 Å². The van der Waals surface area contributed by atoms with Crippen LogP contribution in [0.25, 0.3) is 5.69 Å². The van der Waals surface area contributed by atoms with Crippen LogP contribution in [0.1, 0.15) is 23.5 Å². The lowest BCUT2D eigenvalue weighted by atomic mass is 9.91. The second kappa shape index (κ2) is 8.77. The molecule has 1 fully saturated rings. The molecule has 30 heavy (non-hydrogen) atoms. The number of nitrogens with zero attached hydrogens (tertiary/aromatic N) is 3. The number of hydrogen-bond donors (Lipinski definition) is 2. The Hall–Kier alpha value is -3.03. The van der Waals surface area contributed by atoms with E-state index in [-0.39, 0.29) is 17.8 Å². The van der Waals surface area contributed by atoms with E-state index in [2.05, 4.69) is 22.1 Å². The number of ether oxygens (including phenoxy) is 2. The molecule has 4 rings (SSSR count). The number of β-amino-alcohol motifs (C(OH)–C–C–N with tert-alkyl or cyclic N) is 1. The molecule has 0 amide bonds. The minimum atomic E-state index is -0.374. The van der Waals surface area contributed by atoms with Gasteiger partial charge in [-0.3, -0.25) is 4.90 Å². The molecule has 0 spiro atoms. The fourth-order valence-electron chi connectivity index (χ4n) is 4.13. The van der Waals surface area contributed by atoms with Gasteiger partial charge in [0.15, 0.2) is 11.5 Å². The van der Waals surface area contributed by atoms with E-state index in [1.165, 1.54) is 19.8 Å². The van der Waals surface area contributed by atoms with Crippen LogP contribution in [-0.4, -0.2) is 58.3 Å². The van der Waals surface area contributed by atoms with Gasteiger partial charge in [-0.15, -0.1) is 0 Å². The van der Waals surface area contributed by atoms with Crippen molar-refractivity contribution in [2.45, 2.75) is 25.0 Å². The molecule has 1 aromatic heterocycles. The van der Waals surface area contributed by atoms with Crippen LogP contribution in [0.15, 0.2) is 54.9 Å². The van der Waals surface area contributed by atoms with E-state index < -0.39 is 0 Å². The second-order valence-corrected chi connectivity index (χ2v) is 7.68. The van der Waals surface area contributed by atoms with Gasteiger partial charge in [0.05, 0.1) is 32.2 Å². The summed E-state index contributed by atoms with van der Waals surface area (Å²) in [4.78, 5) is 2.29. The quantitative estimate of drug-likeness (QED) is 0.652. The Balaban J connectivity index is 1.54. The predicted molar refractivity (Wildman–Crippen MR) is 113 cm³/mol. The highest BCUT2D eigenvalue weighted by Crippen LogP contribution is 2.38. The molecule has 2 unspecified atom stereocenters. The highest BCUT2D eigenvalue weighted by atomic mass is 16.5. The van der Waals surface area contributed by atoms with Gasteiger partial charge in [0.2, 0.25) is 5.75 Å². The van der Waals surface area contributed by atoms with Crippen LogP contribution in [0.4, 0.5) is 0 Å². The first-order valence-corrected chi connectivity index (χ1v) is 10.0. The zero-order valence-electron chi connectivity index (χ0n) is 17.2. The minimum absolute atomic E-state index is 0.00831. The van der Waals surface area contributed by atoms with Crippen molar-refractivity contribution in [3.05, 3.63) is 66.0 Å². The zero-order valence-corrected chi connectivity index (χ0v) is 17.2. The highest BCUT2D eigenvalue weighted by Gasteiger charge is 2.28. The van der Waals surface area contributed by atoms with E-state index in [4.69, 9.17) is 9.47 Å². The van der Waals surface area contributed by atoms with Crippen LogP contribution >= 0.6 is 0 Å². The highest BCUT2D eigenvalue weighted by molar-refractivity contribution is 5.57. The number of aromatic hydroxyl groups is 1. The maximum atomic E-state index is 10.4. The first kappa shape index (κ1) is 20.3. The summed E-state index contributed by atoms with van der Waals surface area (Å²) in [7, 11) is 3.01. The van der Waals surface area contributed by atoms with Gasteiger partial charge in [-0.05, 0) is 17.5 Å². The van der Waals surface area contributed by atoms with Crippen LogP contribution in [0, 0.1) is 0 Å². The van der Waals surface area contributed by atoms with Crippen molar-refractivity contribution in [1.82, 2.24) is 14.7 Å². The van der Waals surface area contributed by atoms with Crippen molar-refractivity contribution in [3.8, 4) is 22.9 Å². The summed E-state index contributed by atoms with van der Waals surface area (Å²) in [5, 5.41) is 25.2. The normalized spacial score (nSPS) is 19.6. The van der Waals surface area contributed by atoms with Crippen LogP contribution < -0.4 is 9.47 Å². The van der Waals surface area contributed by atoms with Gasteiger partial charge in [-0.25, -0.2) is 4.68 Å². The molecule has 2 heterocycles. The van der Waals surface area contributed by atoms with E-state index in [0.29, 0.717) is 30.2 Å². The van der Waals surface area contributed by atoms with Crippen LogP contribution in [0.5, 0.6) is 17.2 Å². The number of phenols is 1. The smallest absolute Gasteiger partial charge is 0.203 e. The molecule has 3 aromatic rings. The van der Waals surface area contributed by atoms with Gasteiger partial charge in [-0.2, -0.15) is 5.10 Å². The Kier molecular flexibility index (Phi) is 5.92. The van der Waals surface area contributed by atoms with Crippen molar-refractivity contribution in [2.24, 2.45) is 0 Å². The second-order valence-electron chi connectivity index (χ2n) is 7.68. The standard InChI is InChI=1S/C23H27N3O4/c1-29-22-10-19(9-21(28)23(22)30-2)26-14-18(11-24-26)17-8-20(27)15-25(13-17)12-16-6-4-3-5-7-16/h3-7,9-11,14,17,20,27-28H,8,12-13,15H2,1-2H3. The van der Waals surface area contributed by atoms with E-state index in [9.17, 15) is 10.2 Å². The number of likely N-dealkylation sites (tertiary alicyclic amines) is 1. The number of phenolic OH excluding ortho intramolecular Hbond substituents is 1. The Morgan fingerprint density at radius 3 is 2.63 bits per heavy atom. The first-order chi connectivity index (χ1) is 14.6. The van der Waals surface area contributed by atoms with Crippen molar-refractivity contribution in [2.75, 3.05) is 27.3 Å². The Morgan fingerprint density at radius 2 is 1.90 bits per heavy atom. The summed E-state index contributed by atoms with van der Waals surface area (Å²) >= 11 is 0. The maximum absolute atomic E-state index is 10.4. The molecule has 1 aliphatic rings. The molecule has 0 saturated carbocycles. The lowest BCUT2D eigenvalue weighted by Crippen LogP contribution is -2.41. The number of hydrogen-bond acceptors (Lipinski definition) is 6. The number of aliphatic hydroxyl groups excluding tert-OH is 1. The van der Waals surface area contributed by atoms with E-state index >= 15 is 0 Å². The van der Waals surface area contributed by atoms with E-state index in [0.717, 1.165) is 18.7 Å². The third-order valence-corrected chi connectivity index (χ3v) is 5.54. The number of benzene rings is 2. The summed E-state index contributed by atoms with van der Waals surface area (Å²) in [6, 6.07) is 13.7. The molecule has 2 aromatic carbocycles. The maximum Gasteiger partial charge on any atom is 0.203 e. The van der Waals surface area contributed by atoms with Gasteiger partial charge in [0.1, 0.15) is 0 Å². The van der Waals surface area contributed by atoms with E-state index in [1.54, 1.807) is 16.8 Å². The van der Waals surface area contributed by atoms with Crippen molar-refractivity contribution in [1.29, 1.82) is 0 Å². The Morgan fingerprint density at radius 1 is 1.10 bits per heavy atom. The third-order valence-electron chi connectivity index (χ3n) is 5.54. The average Bonchev–Trinajstić information content (AvgIpc) is 3.24. The molecule has 0 bridgehead atoms. The minimum Gasteiger partial charge on any atom is -0.504 e. The predicted octanol–water partition coefficient (Wildman–Crippen LogP) is 2.95. The van der Waals surface area contributed by atoms with Crippen molar-refractivity contribution < 1.29 is 19.7 Å². The molecule has 0 radical (unpaired) electrons. The summed E-state index contributed by atoms with van der Waals surface area (Å²) in [5.41, 5.74) is 2.97. The topological polar surface area (TPSA) is 80.0 Å². The first-order valence-electron chi connectivity index (χ1n) is 10.0. The Bertz CT molecular complexity index is 989. The lowest BCUT2D eigenvalue weighted by Gasteiger charge is -2.35. The lowest BCUT2D eigenvalue weighted by molar-refractivity contribution is 0.0549. The molecule has 7 heteroatoms. The van der Waals surface area contributed by atoms with E-state index in [1.807, 2.05) is 30.6 Å². The molecule has 1 aliphatic heterocycles. The summed E-state index contributed by atoms with van der Waals surface area (Å²) in [6.07, 6.45) is 4.11. The average molecular weight is 409 g/mol. The van der Waals surface area contributed by atoms with Gasteiger partial charge >= 0.3 is 0 Å². The molecule has 1 saturated heterocycles. The molecule has 158 valence electrons. The van der Waals surface area contributed by atoms with Crippen molar-refractivity contribution in [3.63, 3.8) is 0 Å². The van der Waals surface area contributed by atoms with Crippen LogP contribution in [0.3, 0.4) is 0 Å². The summed E-state index contributed by atoms with van der Waals surface area (Å²) in [6.45, 7) is 2.34. The molecule has 2 atom stereocenters. The summed E-state index contributed by atoms with van der Waals surface area (Å²) < 4.78 is 12.2. The zero-order chi connectivity index (χ0) is 21.1. The number of aliphatic hydroxyl groups is 1. The number of rotatable bonds is 6. The third kappa shape index (κ3) is 4.27. The molecule has 0 aliphatic carbocycles. The van der Waals surface area contributed by atoms with Crippen LogP contribution in [-0.2, 0) is 6.54 Å². The number of piperidine rings is 1. The molecule has 7 nitrogen and oxygen atoms in total. The fourth-order valence-corrected chi connectivity index (χ4v) is 4.13. The molecular formula is C23H27N3O4. The van der Waals surface area contributed by atoms with Gasteiger partial charge in [0.25, 0.3) is 0 Å². The monoisotopic (exact) mass is 409 g/mol. The summed E-state index contributed by atoms with van der Waals surface area (Å²) in [5.74, 6) is 0.901. The van der Waals surface area contributed by atoms with Gasteiger partial charge in [0, 0.05) is 43.9 Å². The largest absolute Gasteiger partial charge is 0.504 e.